The molecule has 1 unspecified atom stereocenters. The van der Waals surface area contributed by atoms with Gasteiger partial charge in [0.25, 0.3) is 0 Å². The zero-order chi connectivity index (χ0) is 11.8. The van der Waals surface area contributed by atoms with Gasteiger partial charge in [-0.15, -0.1) is 11.3 Å². The number of rotatable bonds is 2. The number of hydrogen-bond donors (Lipinski definition) is 0. The Bertz CT molecular complexity index is 540. The van der Waals surface area contributed by atoms with Crippen LogP contribution in [0.4, 0.5) is 0 Å². The summed E-state index contributed by atoms with van der Waals surface area (Å²) in [5, 5.41) is 3.56. The monoisotopic (exact) mass is 267 g/mol. The molecule has 0 aromatic carbocycles. The van der Waals surface area contributed by atoms with Gasteiger partial charge in [0, 0.05) is 11.4 Å². The van der Waals surface area contributed by atoms with Gasteiger partial charge in [0.1, 0.15) is 15.8 Å². The first-order chi connectivity index (χ1) is 8.24. The minimum absolute atomic E-state index is 0.582. The van der Waals surface area contributed by atoms with Crippen LogP contribution in [0.1, 0.15) is 25.6 Å². The fourth-order valence-corrected chi connectivity index (χ4v) is 3.43. The molecule has 0 amide bonds. The molecule has 3 heterocycles. The third kappa shape index (κ3) is 2.17. The molecule has 0 N–H and O–H groups in total. The second-order valence-corrected chi connectivity index (χ2v) is 5.78. The van der Waals surface area contributed by atoms with E-state index in [1.54, 1.807) is 11.3 Å². The molecule has 0 aliphatic carbocycles. The van der Waals surface area contributed by atoms with E-state index in [4.69, 9.17) is 11.6 Å². The molecule has 90 valence electrons. The van der Waals surface area contributed by atoms with Crippen LogP contribution in [0.5, 0.6) is 0 Å². The Kier molecular flexibility index (Phi) is 3.03. The molecule has 1 aliphatic rings. The third-order valence-electron chi connectivity index (χ3n) is 3.36. The van der Waals surface area contributed by atoms with Gasteiger partial charge in [-0.2, -0.15) is 0 Å². The van der Waals surface area contributed by atoms with Gasteiger partial charge in [0.15, 0.2) is 0 Å². The first kappa shape index (κ1) is 11.4. The Balaban J connectivity index is 1.89. The van der Waals surface area contributed by atoms with Gasteiger partial charge < -0.3 is 0 Å². The van der Waals surface area contributed by atoms with Crippen molar-refractivity contribution < 1.29 is 0 Å². The Morgan fingerprint density at radius 3 is 3.18 bits per heavy atom. The van der Waals surface area contributed by atoms with Crippen molar-refractivity contribution in [1.29, 1.82) is 0 Å². The largest absolute Gasteiger partial charge is 0.293 e. The molecule has 2 aromatic rings. The van der Waals surface area contributed by atoms with Gasteiger partial charge in [-0.1, -0.05) is 11.6 Å². The predicted molar refractivity (Wildman–Crippen MR) is 71.5 cm³/mol. The van der Waals surface area contributed by atoms with Gasteiger partial charge in [0.05, 0.1) is 6.54 Å². The number of halogens is 1. The van der Waals surface area contributed by atoms with Gasteiger partial charge in [0.2, 0.25) is 0 Å². The van der Waals surface area contributed by atoms with E-state index in [-0.39, 0.29) is 0 Å². The van der Waals surface area contributed by atoms with Crippen molar-refractivity contribution in [2.24, 2.45) is 0 Å². The summed E-state index contributed by atoms with van der Waals surface area (Å²) in [6.07, 6.45) is 2.55. The number of fused-ring (bicyclic) bond motifs is 1. The average Bonchev–Trinajstić information content (AvgIpc) is 2.89. The smallest absolute Gasteiger partial charge is 0.145 e. The van der Waals surface area contributed by atoms with Crippen molar-refractivity contribution in [3.05, 3.63) is 22.4 Å². The van der Waals surface area contributed by atoms with Crippen LogP contribution < -0.4 is 0 Å². The van der Waals surface area contributed by atoms with Crippen molar-refractivity contribution in [1.82, 2.24) is 14.9 Å². The highest BCUT2D eigenvalue weighted by Crippen LogP contribution is 2.26. The Morgan fingerprint density at radius 1 is 1.53 bits per heavy atom. The molecule has 1 saturated heterocycles. The predicted octanol–water partition coefficient (Wildman–Crippen LogP) is 3.33. The molecular formula is C12H14ClN3S. The van der Waals surface area contributed by atoms with E-state index in [0.29, 0.717) is 11.2 Å². The number of aromatic nitrogens is 2. The van der Waals surface area contributed by atoms with E-state index in [1.807, 2.05) is 11.4 Å². The van der Waals surface area contributed by atoms with E-state index in [9.17, 15) is 0 Å². The molecule has 0 bridgehead atoms. The van der Waals surface area contributed by atoms with E-state index >= 15 is 0 Å². The van der Waals surface area contributed by atoms with Crippen LogP contribution in [0.3, 0.4) is 0 Å². The van der Waals surface area contributed by atoms with Gasteiger partial charge in [-0.05, 0) is 37.8 Å². The van der Waals surface area contributed by atoms with Crippen molar-refractivity contribution in [2.45, 2.75) is 32.4 Å². The van der Waals surface area contributed by atoms with Crippen molar-refractivity contribution in [3.63, 3.8) is 0 Å². The van der Waals surface area contributed by atoms with E-state index in [2.05, 4.69) is 21.8 Å². The lowest BCUT2D eigenvalue weighted by molar-refractivity contribution is 0.254. The summed E-state index contributed by atoms with van der Waals surface area (Å²) in [5.74, 6) is 0.846. The minimum Gasteiger partial charge on any atom is -0.293 e. The maximum absolute atomic E-state index is 6.16. The maximum atomic E-state index is 6.16. The molecule has 0 spiro atoms. The Hall–Kier alpha value is -0.710. The molecule has 3 nitrogen and oxygen atoms in total. The second-order valence-electron chi connectivity index (χ2n) is 4.53. The fourth-order valence-electron chi connectivity index (χ4n) is 2.34. The Labute approximate surface area is 109 Å². The van der Waals surface area contributed by atoms with Crippen LogP contribution >= 0.6 is 22.9 Å². The standard InChI is InChI=1S/C12H14ClN3S/c1-8-3-2-5-16(8)7-10-14-11(13)9-4-6-17-12(9)15-10/h4,6,8H,2-3,5,7H2,1H3. The fraction of sp³-hybridized carbons (Fsp3) is 0.500. The topological polar surface area (TPSA) is 29.0 Å². The van der Waals surface area contributed by atoms with Crippen LogP contribution in [0.25, 0.3) is 10.2 Å². The SMILES string of the molecule is CC1CCCN1Cc1nc(Cl)c2ccsc2n1. The molecule has 2 aromatic heterocycles. The van der Waals surface area contributed by atoms with Gasteiger partial charge >= 0.3 is 0 Å². The number of nitrogens with zero attached hydrogens (tertiary/aromatic N) is 3. The molecule has 0 saturated carbocycles. The molecule has 5 heteroatoms. The summed E-state index contributed by atoms with van der Waals surface area (Å²) in [4.78, 5) is 12.4. The number of likely N-dealkylation sites (tertiary alicyclic amines) is 1. The Morgan fingerprint density at radius 2 is 2.41 bits per heavy atom. The summed E-state index contributed by atoms with van der Waals surface area (Å²) in [7, 11) is 0. The number of hydrogen-bond acceptors (Lipinski definition) is 4. The molecule has 3 rings (SSSR count). The zero-order valence-corrected chi connectivity index (χ0v) is 11.3. The average molecular weight is 268 g/mol. The number of thiophene rings is 1. The van der Waals surface area contributed by atoms with Crippen LogP contribution in [0, 0.1) is 0 Å². The van der Waals surface area contributed by atoms with Crippen molar-refractivity contribution in [3.8, 4) is 0 Å². The molecule has 1 atom stereocenters. The first-order valence-electron chi connectivity index (χ1n) is 5.88. The van der Waals surface area contributed by atoms with Crippen LogP contribution in [0.2, 0.25) is 5.15 Å². The van der Waals surface area contributed by atoms with Crippen molar-refractivity contribution in [2.75, 3.05) is 6.54 Å². The lowest BCUT2D eigenvalue weighted by Crippen LogP contribution is -2.27. The van der Waals surface area contributed by atoms with Crippen molar-refractivity contribution >= 4 is 33.2 Å². The highest BCUT2D eigenvalue weighted by Gasteiger charge is 2.21. The van der Waals surface area contributed by atoms with E-state index in [1.165, 1.54) is 12.8 Å². The molecular weight excluding hydrogens is 254 g/mol. The van der Waals surface area contributed by atoms with Gasteiger partial charge in [-0.25, -0.2) is 9.97 Å². The van der Waals surface area contributed by atoms with Crippen LogP contribution in [-0.4, -0.2) is 27.5 Å². The minimum atomic E-state index is 0.582. The summed E-state index contributed by atoms with van der Waals surface area (Å²) >= 11 is 7.78. The lowest BCUT2D eigenvalue weighted by Gasteiger charge is -2.19. The third-order valence-corrected chi connectivity index (χ3v) is 4.45. The zero-order valence-electron chi connectivity index (χ0n) is 9.69. The van der Waals surface area contributed by atoms with Crippen LogP contribution in [0.15, 0.2) is 11.4 Å². The highest BCUT2D eigenvalue weighted by molar-refractivity contribution is 7.16. The maximum Gasteiger partial charge on any atom is 0.145 e. The summed E-state index contributed by atoms with van der Waals surface area (Å²) in [6, 6.07) is 2.61. The second kappa shape index (κ2) is 4.52. The molecule has 1 fully saturated rings. The van der Waals surface area contributed by atoms with Gasteiger partial charge in [-0.3, -0.25) is 4.90 Å². The summed E-state index contributed by atoms with van der Waals surface area (Å²) in [6.45, 7) is 4.22. The van der Waals surface area contributed by atoms with E-state index in [0.717, 1.165) is 29.1 Å². The summed E-state index contributed by atoms with van der Waals surface area (Å²) in [5.41, 5.74) is 0. The van der Waals surface area contributed by atoms with E-state index < -0.39 is 0 Å². The van der Waals surface area contributed by atoms with Crippen LogP contribution in [-0.2, 0) is 6.54 Å². The summed E-state index contributed by atoms with van der Waals surface area (Å²) < 4.78 is 0. The lowest BCUT2D eigenvalue weighted by atomic mass is 10.2. The molecule has 0 radical (unpaired) electrons. The first-order valence-corrected chi connectivity index (χ1v) is 7.13. The quantitative estimate of drug-likeness (QED) is 0.782. The highest BCUT2D eigenvalue weighted by atomic mass is 35.5. The normalized spacial score (nSPS) is 21.4. The molecule has 1 aliphatic heterocycles. The molecule has 17 heavy (non-hydrogen) atoms.